The van der Waals surface area contributed by atoms with E-state index in [1.165, 1.54) is 22.5 Å². The Kier molecular flexibility index (Phi) is 7.23. The number of carbonyl (C=O) groups excluding carboxylic acids is 1. The predicted molar refractivity (Wildman–Crippen MR) is 118 cm³/mol. The van der Waals surface area contributed by atoms with Gasteiger partial charge in [0.25, 0.3) is 5.91 Å². The lowest BCUT2D eigenvalue weighted by atomic mass is 10.0. The van der Waals surface area contributed by atoms with Crippen molar-refractivity contribution < 1.29 is 14.3 Å². The second-order valence-corrected chi connectivity index (χ2v) is 7.91. The average molecular weight is 413 g/mol. The van der Waals surface area contributed by atoms with E-state index in [2.05, 4.69) is 35.5 Å². The van der Waals surface area contributed by atoms with Crippen LogP contribution in [0.2, 0.25) is 0 Å². The van der Waals surface area contributed by atoms with Crippen LogP contribution in [0.4, 0.5) is 0 Å². The molecule has 0 aliphatic carbocycles. The zero-order valence-electron chi connectivity index (χ0n) is 17.5. The van der Waals surface area contributed by atoms with Crippen molar-refractivity contribution in [3.63, 3.8) is 0 Å². The summed E-state index contributed by atoms with van der Waals surface area (Å²) in [7, 11) is 0. The van der Waals surface area contributed by atoms with Crippen molar-refractivity contribution in [3.05, 3.63) is 57.9 Å². The minimum Gasteiger partial charge on any atom is -0.494 e. The monoisotopic (exact) mass is 412 g/mol. The molecule has 0 aliphatic heterocycles. The molecular formula is C23H28N2O3S. The maximum Gasteiger partial charge on any atom is 0.252 e. The van der Waals surface area contributed by atoms with E-state index in [0.717, 1.165) is 21.5 Å². The van der Waals surface area contributed by atoms with E-state index in [1.807, 2.05) is 38.1 Å². The smallest absolute Gasteiger partial charge is 0.252 e. The quantitative estimate of drug-likeness (QED) is 0.515. The number of thiazole rings is 1. The van der Waals surface area contributed by atoms with Crippen LogP contribution in [0.5, 0.6) is 5.75 Å². The van der Waals surface area contributed by atoms with Crippen molar-refractivity contribution >= 4 is 27.5 Å². The lowest BCUT2D eigenvalue weighted by molar-refractivity contribution is -0.117. The van der Waals surface area contributed by atoms with Gasteiger partial charge in [0.1, 0.15) is 5.75 Å². The van der Waals surface area contributed by atoms with Crippen molar-refractivity contribution in [2.75, 3.05) is 19.8 Å². The van der Waals surface area contributed by atoms with Crippen LogP contribution in [-0.2, 0) is 22.5 Å². The molecule has 1 amide bonds. The molecule has 0 bridgehead atoms. The molecule has 0 spiro atoms. The summed E-state index contributed by atoms with van der Waals surface area (Å²) >= 11 is 1.51. The average Bonchev–Trinajstić information content (AvgIpc) is 3.01. The molecular weight excluding hydrogens is 384 g/mol. The van der Waals surface area contributed by atoms with E-state index < -0.39 is 0 Å². The Morgan fingerprint density at radius 2 is 1.90 bits per heavy atom. The second kappa shape index (κ2) is 9.85. The molecule has 1 heterocycles. The maximum atomic E-state index is 12.7. The van der Waals surface area contributed by atoms with Gasteiger partial charge in [-0.2, -0.15) is 4.99 Å². The van der Waals surface area contributed by atoms with E-state index in [1.54, 1.807) is 0 Å². The molecule has 0 radical (unpaired) electrons. The summed E-state index contributed by atoms with van der Waals surface area (Å²) in [6.07, 6.45) is 0.297. The van der Waals surface area contributed by atoms with Crippen molar-refractivity contribution in [2.24, 2.45) is 4.99 Å². The van der Waals surface area contributed by atoms with Gasteiger partial charge in [-0.15, -0.1) is 0 Å². The number of benzene rings is 2. The normalized spacial score (nSPS) is 11.9. The summed E-state index contributed by atoms with van der Waals surface area (Å²) in [5.41, 5.74) is 4.44. The molecule has 3 aromatic rings. The summed E-state index contributed by atoms with van der Waals surface area (Å²) in [5, 5.41) is 0. The number of rotatable bonds is 8. The number of nitrogens with zero attached hydrogens (tertiary/aromatic N) is 2. The van der Waals surface area contributed by atoms with Gasteiger partial charge in [0.05, 0.1) is 29.9 Å². The standard InChI is InChI=1S/C23H28N2O3S/c1-5-27-12-11-25-20-10-9-19(28-6-2)15-21(20)29-23(25)24-22(26)14-18-8-7-16(3)17(4)13-18/h7-10,13,15H,5-6,11-12,14H2,1-4H3. The van der Waals surface area contributed by atoms with Gasteiger partial charge in [0.15, 0.2) is 4.80 Å². The highest BCUT2D eigenvalue weighted by molar-refractivity contribution is 7.16. The summed E-state index contributed by atoms with van der Waals surface area (Å²) in [6, 6.07) is 12.1. The number of aryl methyl sites for hydroxylation is 2. The molecule has 0 aliphatic rings. The molecule has 0 saturated heterocycles. The van der Waals surface area contributed by atoms with Gasteiger partial charge < -0.3 is 14.0 Å². The zero-order valence-corrected chi connectivity index (χ0v) is 18.3. The number of fused-ring (bicyclic) bond motifs is 1. The summed E-state index contributed by atoms with van der Waals surface area (Å²) in [6.45, 7) is 10.6. The van der Waals surface area contributed by atoms with Crippen LogP contribution in [0.1, 0.15) is 30.5 Å². The lowest BCUT2D eigenvalue weighted by Gasteiger charge is -2.07. The number of ether oxygens (including phenoxy) is 2. The Morgan fingerprint density at radius 1 is 1.07 bits per heavy atom. The topological polar surface area (TPSA) is 52.8 Å². The summed E-state index contributed by atoms with van der Waals surface area (Å²) in [5.74, 6) is 0.682. The largest absolute Gasteiger partial charge is 0.494 e. The highest BCUT2D eigenvalue weighted by Crippen LogP contribution is 2.23. The number of carbonyl (C=O) groups is 1. The van der Waals surface area contributed by atoms with E-state index in [4.69, 9.17) is 9.47 Å². The number of hydrogen-bond acceptors (Lipinski definition) is 4. The van der Waals surface area contributed by atoms with Gasteiger partial charge in [-0.3, -0.25) is 4.79 Å². The fourth-order valence-corrected chi connectivity index (χ4v) is 4.25. The maximum absolute atomic E-state index is 12.7. The highest BCUT2D eigenvalue weighted by atomic mass is 32.1. The third kappa shape index (κ3) is 5.34. The number of amides is 1. The van der Waals surface area contributed by atoms with Crippen LogP contribution in [0.25, 0.3) is 10.2 Å². The number of hydrogen-bond donors (Lipinski definition) is 0. The van der Waals surface area contributed by atoms with Crippen LogP contribution in [-0.4, -0.2) is 30.3 Å². The summed E-state index contributed by atoms with van der Waals surface area (Å²) < 4.78 is 14.3. The Hall–Kier alpha value is -2.44. The molecule has 29 heavy (non-hydrogen) atoms. The van der Waals surface area contributed by atoms with E-state index in [0.29, 0.717) is 37.6 Å². The van der Waals surface area contributed by atoms with Crippen molar-refractivity contribution in [1.82, 2.24) is 4.57 Å². The molecule has 3 rings (SSSR count). The third-order valence-corrected chi connectivity index (χ3v) is 5.82. The van der Waals surface area contributed by atoms with Gasteiger partial charge in [-0.1, -0.05) is 29.5 Å². The minimum atomic E-state index is -0.144. The predicted octanol–water partition coefficient (Wildman–Crippen LogP) is 4.42. The van der Waals surface area contributed by atoms with E-state index >= 15 is 0 Å². The van der Waals surface area contributed by atoms with Crippen molar-refractivity contribution in [2.45, 2.75) is 40.7 Å². The molecule has 6 heteroatoms. The first-order chi connectivity index (χ1) is 14.0. The number of aromatic nitrogens is 1. The van der Waals surface area contributed by atoms with Gasteiger partial charge in [-0.05, 0) is 62.6 Å². The van der Waals surface area contributed by atoms with Crippen LogP contribution in [0.3, 0.4) is 0 Å². The van der Waals surface area contributed by atoms with Gasteiger partial charge in [0, 0.05) is 13.2 Å². The first-order valence-corrected chi connectivity index (χ1v) is 10.8. The highest BCUT2D eigenvalue weighted by Gasteiger charge is 2.10. The molecule has 154 valence electrons. The fourth-order valence-electron chi connectivity index (χ4n) is 3.15. The molecule has 5 nitrogen and oxygen atoms in total. The van der Waals surface area contributed by atoms with Gasteiger partial charge in [-0.25, -0.2) is 0 Å². The molecule has 0 saturated carbocycles. The minimum absolute atomic E-state index is 0.144. The Morgan fingerprint density at radius 3 is 2.62 bits per heavy atom. The molecule has 1 aromatic heterocycles. The zero-order chi connectivity index (χ0) is 20.8. The van der Waals surface area contributed by atoms with Crippen LogP contribution < -0.4 is 9.54 Å². The van der Waals surface area contributed by atoms with Crippen LogP contribution in [0.15, 0.2) is 41.4 Å². The first-order valence-electron chi connectivity index (χ1n) is 9.99. The Balaban J connectivity index is 1.94. The van der Waals surface area contributed by atoms with Crippen LogP contribution >= 0.6 is 11.3 Å². The summed E-state index contributed by atoms with van der Waals surface area (Å²) in [4.78, 5) is 17.8. The van der Waals surface area contributed by atoms with E-state index in [9.17, 15) is 4.79 Å². The Labute approximate surface area is 175 Å². The van der Waals surface area contributed by atoms with Crippen LogP contribution in [0, 0.1) is 13.8 Å². The molecule has 0 N–H and O–H groups in total. The SMILES string of the molecule is CCOCCn1c(=NC(=O)Cc2ccc(C)c(C)c2)sc2cc(OCC)ccc21. The van der Waals surface area contributed by atoms with E-state index in [-0.39, 0.29) is 5.91 Å². The third-order valence-electron chi connectivity index (χ3n) is 4.78. The Bertz CT molecular complexity index is 1070. The first kappa shape index (κ1) is 21.3. The van der Waals surface area contributed by atoms with Crippen molar-refractivity contribution in [1.29, 1.82) is 0 Å². The lowest BCUT2D eigenvalue weighted by Crippen LogP contribution is -2.20. The molecule has 0 atom stereocenters. The molecule has 0 fully saturated rings. The molecule has 0 unspecified atom stereocenters. The fraction of sp³-hybridized carbons (Fsp3) is 0.391. The van der Waals surface area contributed by atoms with Gasteiger partial charge in [0.2, 0.25) is 0 Å². The second-order valence-electron chi connectivity index (χ2n) is 6.90. The molecule has 2 aromatic carbocycles. The van der Waals surface area contributed by atoms with Gasteiger partial charge >= 0.3 is 0 Å². The van der Waals surface area contributed by atoms with Crippen molar-refractivity contribution in [3.8, 4) is 5.75 Å².